The van der Waals surface area contributed by atoms with Crippen molar-refractivity contribution in [2.45, 2.75) is 45.6 Å². The molecule has 106 valence electrons. The third kappa shape index (κ3) is 5.05. The van der Waals surface area contributed by atoms with Crippen molar-refractivity contribution in [3.8, 4) is 5.75 Å². The summed E-state index contributed by atoms with van der Waals surface area (Å²) in [6.45, 7) is -1.24. The van der Waals surface area contributed by atoms with Crippen LogP contribution in [-0.4, -0.2) is 13.1 Å². The molecule has 20 heavy (non-hydrogen) atoms. The number of aryl methyl sites for hydroxylation is 1. The SMILES string of the molecule is Cc1ccc(OC2CCCC(C)C2)c([B-](F)(F)F)c1.[K+]. The Bertz CT molecular complexity index is 451. The Morgan fingerprint density at radius 3 is 2.50 bits per heavy atom. The molecule has 0 aromatic heterocycles. The second-order valence-electron chi connectivity index (χ2n) is 5.63. The molecule has 1 nitrogen and oxygen atoms in total. The molecule has 6 heteroatoms. The summed E-state index contributed by atoms with van der Waals surface area (Å²) >= 11 is 0. The smallest absolute Gasteiger partial charge is 0.493 e. The van der Waals surface area contributed by atoms with E-state index in [9.17, 15) is 12.9 Å². The van der Waals surface area contributed by atoms with E-state index in [4.69, 9.17) is 4.74 Å². The summed E-state index contributed by atoms with van der Waals surface area (Å²) in [6, 6.07) is 4.31. The van der Waals surface area contributed by atoms with Gasteiger partial charge in [0.05, 0.1) is 11.9 Å². The first kappa shape index (κ1) is 18.6. The van der Waals surface area contributed by atoms with Gasteiger partial charge in [-0.3, -0.25) is 0 Å². The fourth-order valence-electron chi connectivity index (χ4n) is 2.70. The zero-order valence-corrected chi connectivity index (χ0v) is 15.5. The fraction of sp³-hybridized carbons (Fsp3) is 0.571. The van der Waals surface area contributed by atoms with Crippen LogP contribution in [0, 0.1) is 12.8 Å². The van der Waals surface area contributed by atoms with Gasteiger partial charge in [0, 0.05) is 0 Å². The van der Waals surface area contributed by atoms with Gasteiger partial charge in [-0.05, 0) is 38.2 Å². The summed E-state index contributed by atoms with van der Waals surface area (Å²) in [5.41, 5.74) is 0.0109. The van der Waals surface area contributed by atoms with Gasteiger partial charge >= 0.3 is 58.4 Å². The third-order valence-electron chi connectivity index (χ3n) is 3.70. The maximum atomic E-state index is 13.0. The van der Waals surface area contributed by atoms with Gasteiger partial charge in [-0.15, -0.1) is 0 Å². The molecule has 1 saturated carbocycles. The predicted octanol–water partition coefficient (Wildman–Crippen LogP) is 1.01. The molecule has 1 aliphatic rings. The third-order valence-corrected chi connectivity index (χ3v) is 3.70. The van der Waals surface area contributed by atoms with E-state index >= 15 is 0 Å². The Morgan fingerprint density at radius 1 is 1.20 bits per heavy atom. The van der Waals surface area contributed by atoms with Crippen LogP contribution in [0.25, 0.3) is 0 Å². The van der Waals surface area contributed by atoms with Gasteiger partial charge in [-0.2, -0.15) is 0 Å². The zero-order valence-electron chi connectivity index (χ0n) is 12.3. The molecule has 0 aliphatic heterocycles. The summed E-state index contributed by atoms with van der Waals surface area (Å²) in [5, 5.41) is 0. The van der Waals surface area contributed by atoms with Crippen molar-refractivity contribution in [2.24, 2.45) is 5.92 Å². The summed E-state index contributed by atoms with van der Waals surface area (Å²) in [7, 11) is 0. The summed E-state index contributed by atoms with van der Waals surface area (Å²) in [6.07, 6.45) is 3.79. The second-order valence-corrected chi connectivity index (χ2v) is 5.63. The molecular formula is C14H19BF3KO. The van der Waals surface area contributed by atoms with Crippen molar-refractivity contribution < 1.29 is 69.1 Å². The largest absolute Gasteiger partial charge is 1.00 e. The van der Waals surface area contributed by atoms with Crippen molar-refractivity contribution in [3.63, 3.8) is 0 Å². The Hall–Kier alpha value is 0.511. The molecule has 1 aromatic carbocycles. The Kier molecular flexibility index (Phi) is 7.12. The summed E-state index contributed by atoms with van der Waals surface area (Å²) < 4.78 is 44.8. The van der Waals surface area contributed by atoms with E-state index in [0.717, 1.165) is 25.7 Å². The molecular weight excluding hydrogens is 291 g/mol. The maximum Gasteiger partial charge on any atom is 1.00 e. The monoisotopic (exact) mass is 310 g/mol. The predicted molar refractivity (Wildman–Crippen MR) is 71.9 cm³/mol. The first-order chi connectivity index (χ1) is 8.86. The maximum absolute atomic E-state index is 13.0. The second kappa shape index (κ2) is 7.68. The Labute approximate surface area is 161 Å². The average molecular weight is 310 g/mol. The van der Waals surface area contributed by atoms with Gasteiger partial charge < -0.3 is 17.7 Å². The molecule has 0 radical (unpaired) electrons. The van der Waals surface area contributed by atoms with Gasteiger partial charge in [0.1, 0.15) is 0 Å². The number of rotatable bonds is 3. The number of benzene rings is 1. The molecule has 2 unspecified atom stereocenters. The number of halogens is 3. The normalized spacial score (nSPS) is 23.1. The van der Waals surface area contributed by atoms with Gasteiger partial charge in [0.2, 0.25) is 0 Å². The summed E-state index contributed by atoms with van der Waals surface area (Å²) in [4.78, 5) is 0. The molecule has 0 N–H and O–H groups in total. The van der Waals surface area contributed by atoms with E-state index in [2.05, 4.69) is 6.92 Å². The molecule has 2 rings (SSSR count). The van der Waals surface area contributed by atoms with Crippen LogP contribution in [0.5, 0.6) is 5.75 Å². The van der Waals surface area contributed by atoms with Crippen molar-refractivity contribution in [1.29, 1.82) is 0 Å². The molecule has 0 heterocycles. The first-order valence-corrected chi connectivity index (χ1v) is 6.83. The van der Waals surface area contributed by atoms with Crippen LogP contribution in [0.1, 0.15) is 38.2 Å². The van der Waals surface area contributed by atoms with Crippen molar-refractivity contribution in [2.75, 3.05) is 0 Å². The van der Waals surface area contributed by atoms with Crippen LogP contribution < -0.4 is 61.6 Å². The average Bonchev–Trinajstić information content (AvgIpc) is 2.30. The fourth-order valence-corrected chi connectivity index (χ4v) is 2.70. The minimum absolute atomic E-state index is 0. The van der Waals surface area contributed by atoms with Crippen LogP contribution >= 0.6 is 0 Å². The Balaban J connectivity index is 0.00000200. The van der Waals surface area contributed by atoms with Crippen molar-refractivity contribution in [3.05, 3.63) is 23.8 Å². The van der Waals surface area contributed by atoms with Crippen LogP contribution in [-0.2, 0) is 0 Å². The van der Waals surface area contributed by atoms with Crippen molar-refractivity contribution >= 4 is 12.4 Å². The van der Waals surface area contributed by atoms with E-state index < -0.39 is 12.4 Å². The van der Waals surface area contributed by atoms with Crippen LogP contribution in [0.3, 0.4) is 0 Å². The summed E-state index contributed by atoms with van der Waals surface area (Å²) in [5.74, 6) is 0.529. The molecule has 2 atom stereocenters. The zero-order chi connectivity index (χ0) is 14.0. The van der Waals surface area contributed by atoms with Crippen LogP contribution in [0.15, 0.2) is 18.2 Å². The molecule has 0 bridgehead atoms. The molecule has 0 saturated heterocycles. The van der Waals surface area contributed by atoms with Crippen LogP contribution in [0.2, 0.25) is 0 Å². The topological polar surface area (TPSA) is 9.23 Å². The van der Waals surface area contributed by atoms with E-state index in [0.29, 0.717) is 11.5 Å². The molecule has 1 aromatic rings. The molecule has 0 amide bonds. The molecule has 1 aliphatic carbocycles. The van der Waals surface area contributed by atoms with E-state index in [1.54, 1.807) is 13.0 Å². The number of hydrogen-bond donors (Lipinski definition) is 0. The number of hydrogen-bond acceptors (Lipinski definition) is 1. The Morgan fingerprint density at radius 2 is 1.90 bits per heavy atom. The minimum Gasteiger partial charge on any atom is -0.493 e. The first-order valence-electron chi connectivity index (χ1n) is 6.83. The van der Waals surface area contributed by atoms with Gasteiger partial charge in [0.25, 0.3) is 0 Å². The van der Waals surface area contributed by atoms with E-state index in [1.165, 1.54) is 12.1 Å². The van der Waals surface area contributed by atoms with Crippen molar-refractivity contribution in [1.82, 2.24) is 0 Å². The number of ether oxygens (including phenoxy) is 1. The van der Waals surface area contributed by atoms with Crippen LogP contribution in [0.4, 0.5) is 12.9 Å². The van der Waals surface area contributed by atoms with E-state index in [-0.39, 0.29) is 63.2 Å². The minimum atomic E-state index is -5.02. The van der Waals surface area contributed by atoms with Gasteiger partial charge in [-0.1, -0.05) is 36.5 Å². The van der Waals surface area contributed by atoms with Gasteiger partial charge in [-0.25, -0.2) is 0 Å². The molecule has 1 fully saturated rings. The quantitative estimate of drug-likeness (QED) is 0.757. The van der Waals surface area contributed by atoms with Gasteiger partial charge in [0.15, 0.2) is 0 Å². The molecule has 0 spiro atoms. The standard InChI is InChI=1S/C14H19BF3O.K/c1-10-4-3-5-12(8-10)19-14-7-6-11(2)9-13(14)15(16,17)18;/h6-7,9-10,12H,3-5,8H2,1-2H3;/q-1;+1. The van der Waals surface area contributed by atoms with E-state index in [1.807, 2.05) is 0 Å².